The van der Waals surface area contributed by atoms with Gasteiger partial charge >= 0.3 is 0 Å². The smallest absolute Gasteiger partial charge is 0.160 e. The van der Waals surface area contributed by atoms with Crippen LogP contribution in [0, 0.1) is 0 Å². The zero-order valence-electron chi connectivity index (χ0n) is 64.4. The number of para-hydroxylation sites is 2. The van der Waals surface area contributed by atoms with Crippen molar-refractivity contribution in [3.63, 3.8) is 0 Å². The van der Waals surface area contributed by atoms with Gasteiger partial charge in [0.1, 0.15) is 0 Å². The first kappa shape index (κ1) is 70.0. The Balaban J connectivity index is 0.000000113. The molecule has 5 aromatic heterocycles. The number of benzene rings is 16. The van der Waals surface area contributed by atoms with Gasteiger partial charge in [-0.05, 0) is 155 Å². The van der Waals surface area contributed by atoms with Crippen molar-refractivity contribution in [1.29, 1.82) is 0 Å². The molecule has 2 aliphatic carbocycles. The van der Waals surface area contributed by atoms with Crippen LogP contribution in [0.5, 0.6) is 0 Å². The summed E-state index contributed by atoms with van der Waals surface area (Å²) in [7, 11) is 0. The maximum absolute atomic E-state index is 5.35. The molecule has 2 aliphatic rings. The molecule has 0 amide bonds. The Kier molecular flexibility index (Phi) is 17.2. The van der Waals surface area contributed by atoms with Crippen LogP contribution in [0.2, 0.25) is 0 Å². The van der Waals surface area contributed by atoms with Gasteiger partial charge in [-0.25, -0.2) is 24.9 Å². The first-order valence-electron chi connectivity index (χ1n) is 39.7. The fourth-order valence-electron chi connectivity index (χ4n) is 17.9. The van der Waals surface area contributed by atoms with Gasteiger partial charge < -0.3 is 0 Å². The van der Waals surface area contributed by atoms with Crippen molar-refractivity contribution in [2.24, 2.45) is 0 Å². The van der Waals surface area contributed by atoms with E-state index >= 15 is 0 Å². The molecule has 116 heavy (non-hydrogen) atoms. The van der Waals surface area contributed by atoms with Crippen LogP contribution in [-0.2, 0) is 10.8 Å². The lowest BCUT2D eigenvalue weighted by Crippen LogP contribution is -2.15. The maximum Gasteiger partial charge on any atom is 0.160 e. The number of fused-ring (bicyclic) bond motifs is 17. The first-order valence-corrected chi connectivity index (χ1v) is 41.3. The van der Waals surface area contributed by atoms with Crippen molar-refractivity contribution < 1.29 is 0 Å². The van der Waals surface area contributed by atoms with E-state index in [1.807, 2.05) is 77.3 Å². The van der Waals surface area contributed by atoms with E-state index in [9.17, 15) is 0 Å². The largest absolute Gasteiger partial charge is 0.247 e. The minimum Gasteiger partial charge on any atom is -0.247 e. The van der Waals surface area contributed by atoms with Gasteiger partial charge in [-0.3, -0.25) is 0 Å². The van der Waals surface area contributed by atoms with Gasteiger partial charge in [0.15, 0.2) is 11.6 Å². The second-order valence-electron chi connectivity index (χ2n) is 31.3. The third-order valence-electron chi connectivity index (χ3n) is 23.6. The molecule has 23 rings (SSSR count). The van der Waals surface area contributed by atoms with Crippen LogP contribution in [0.1, 0.15) is 49.9 Å². The quantitative estimate of drug-likeness (QED) is 0.135. The molecule has 0 aliphatic heterocycles. The Bertz CT molecular complexity index is 7430. The number of rotatable bonds is 9. The minimum absolute atomic E-state index is 0.0164. The van der Waals surface area contributed by atoms with Gasteiger partial charge in [0.05, 0.1) is 33.6 Å². The van der Waals surface area contributed by atoms with Crippen LogP contribution < -0.4 is 0 Å². The SMILES string of the molecule is CC1(C)c2ccccc2-c2ccc3sc4ccc(-c5cccc(-c6cc(-c7ccccc7)c7ccc8ccccc8c7n6)c5)cc4c3c21.CC1(C)c2ccccc2-c2sc3ccc(-c4cccc(-c5nc(-c6ccccc6)c6ccccc6n5)c4)cc3c21.c1ccc(-c2ccc(-c3nc(-c4ccccc4)c4ccccc4n3)cc2)cc1. The Hall–Kier alpha value is -14.0. The van der Waals surface area contributed by atoms with Gasteiger partial charge in [0, 0.05) is 89.9 Å². The summed E-state index contributed by atoms with van der Waals surface area (Å²) in [4.78, 5) is 26.6. The van der Waals surface area contributed by atoms with Crippen molar-refractivity contribution in [2.75, 3.05) is 0 Å². The predicted octanol–water partition coefficient (Wildman–Crippen LogP) is 29.8. The highest BCUT2D eigenvalue weighted by molar-refractivity contribution is 7.26. The second kappa shape index (κ2) is 28.6. The van der Waals surface area contributed by atoms with Gasteiger partial charge in [-0.1, -0.05) is 349 Å². The summed E-state index contributed by atoms with van der Waals surface area (Å²) in [5.41, 5.74) is 30.6. The van der Waals surface area contributed by atoms with E-state index in [4.69, 9.17) is 24.9 Å². The summed E-state index contributed by atoms with van der Waals surface area (Å²) in [5, 5.41) is 9.80. The Morgan fingerprint density at radius 3 is 1.33 bits per heavy atom. The fourth-order valence-corrected chi connectivity index (χ4v) is 20.4. The van der Waals surface area contributed by atoms with Crippen LogP contribution in [0.15, 0.2) is 382 Å². The van der Waals surface area contributed by atoms with Crippen molar-refractivity contribution in [3.8, 4) is 123 Å². The number of hydrogen-bond donors (Lipinski definition) is 0. The average Bonchev–Trinajstić information content (AvgIpc) is 1.55. The maximum atomic E-state index is 5.35. The van der Waals surface area contributed by atoms with Crippen LogP contribution in [0.3, 0.4) is 0 Å². The molecule has 21 aromatic rings. The monoisotopic (exact) mass is 1520 g/mol. The molecule has 5 nitrogen and oxygen atoms in total. The number of aromatic nitrogens is 5. The molecule has 0 atom stereocenters. The molecule has 0 unspecified atom stereocenters. The lowest BCUT2D eigenvalue weighted by molar-refractivity contribution is 0.666. The molecule has 0 radical (unpaired) electrons. The molecule has 0 spiro atoms. The molecule has 7 heteroatoms. The molecule has 0 N–H and O–H groups in total. The zero-order valence-corrected chi connectivity index (χ0v) is 66.1. The summed E-state index contributed by atoms with van der Waals surface area (Å²) in [6.07, 6.45) is 0. The van der Waals surface area contributed by atoms with E-state index in [-0.39, 0.29) is 10.8 Å². The summed E-state index contributed by atoms with van der Waals surface area (Å²) >= 11 is 3.82. The summed E-state index contributed by atoms with van der Waals surface area (Å²) in [6, 6.07) is 136. The van der Waals surface area contributed by atoms with Crippen LogP contribution >= 0.6 is 22.7 Å². The van der Waals surface area contributed by atoms with Crippen LogP contribution in [0.4, 0.5) is 0 Å². The lowest BCUT2D eigenvalue weighted by atomic mass is 9.80. The van der Waals surface area contributed by atoms with Crippen molar-refractivity contribution >= 4 is 96.4 Å². The standard InChI is InChI=1S/C46H31NS.C37H26N2S.C26H18N2/c1-46(2)39-18-9-8-17-34(39)35-22-24-42-43(44(35)46)38-26-31(20-23-41(38)48-42)30-14-10-15-32(25-30)40-27-37(28-11-4-3-5-12-28)36-21-19-29-13-6-7-16-33(29)45(36)47-40;1-37(2)30-17-8-6-15-27(30)35-33(37)29-22-25(19-20-32(29)40-35)24-13-10-14-26(21-24)36-38-31-18-9-7-16-28(31)34(39-36)23-11-4-3-5-12-23;1-3-9-19(10-4-1)20-15-17-22(18-16-20)26-27-24-14-8-7-13-23(24)25(28-26)21-11-5-2-6-12-21/h3-27H,1-2H3;3-22H,1-2H3;1-18H. The molecule has 0 bridgehead atoms. The highest BCUT2D eigenvalue weighted by Crippen LogP contribution is 2.57. The zero-order chi connectivity index (χ0) is 77.6. The summed E-state index contributed by atoms with van der Waals surface area (Å²) in [5.74, 6) is 1.49. The van der Waals surface area contributed by atoms with Gasteiger partial charge in [0.2, 0.25) is 0 Å². The van der Waals surface area contributed by atoms with Gasteiger partial charge in [-0.15, -0.1) is 22.7 Å². The van der Waals surface area contributed by atoms with E-state index in [1.54, 1.807) is 0 Å². The van der Waals surface area contributed by atoms with E-state index in [1.165, 1.54) is 135 Å². The molecule has 0 saturated heterocycles. The van der Waals surface area contributed by atoms with E-state index < -0.39 is 0 Å². The highest BCUT2D eigenvalue weighted by atomic mass is 32.1. The fraction of sp³-hybridized carbons (Fsp3) is 0.0550. The topological polar surface area (TPSA) is 64.5 Å². The number of hydrogen-bond acceptors (Lipinski definition) is 7. The van der Waals surface area contributed by atoms with Gasteiger partial charge in [0.25, 0.3) is 0 Å². The Morgan fingerprint density at radius 1 is 0.233 bits per heavy atom. The normalized spacial score (nSPS) is 12.8. The van der Waals surface area contributed by atoms with Crippen molar-refractivity contribution in [2.45, 2.75) is 38.5 Å². The first-order chi connectivity index (χ1) is 57.0. The molecule has 5 heterocycles. The minimum atomic E-state index is -0.0578. The lowest BCUT2D eigenvalue weighted by Gasteiger charge is -2.22. The molecule has 548 valence electrons. The average molecular weight is 1520 g/mol. The number of nitrogens with zero attached hydrogens (tertiary/aromatic N) is 5. The molecule has 0 fully saturated rings. The number of thiophene rings is 2. The van der Waals surface area contributed by atoms with E-state index in [0.717, 1.165) is 83.9 Å². The third-order valence-corrected chi connectivity index (χ3v) is 25.9. The molecular weight excluding hydrogens is 1440 g/mol. The molecular formula is C109H75N5S2. The van der Waals surface area contributed by atoms with E-state index in [0.29, 0.717) is 0 Å². The van der Waals surface area contributed by atoms with Crippen molar-refractivity contribution in [3.05, 3.63) is 404 Å². The molecule has 16 aromatic carbocycles. The number of pyridine rings is 1. The Labute approximate surface area is 682 Å². The highest BCUT2D eigenvalue weighted by Gasteiger charge is 2.40. The third kappa shape index (κ3) is 12.3. The van der Waals surface area contributed by atoms with E-state index in [2.05, 4.69) is 355 Å². The second-order valence-corrected chi connectivity index (χ2v) is 33.4. The Morgan fingerprint density at radius 2 is 0.681 bits per heavy atom. The van der Waals surface area contributed by atoms with Crippen LogP contribution in [-0.4, -0.2) is 24.9 Å². The molecule has 0 saturated carbocycles. The summed E-state index contributed by atoms with van der Waals surface area (Å²) < 4.78 is 4.04. The van der Waals surface area contributed by atoms with Crippen molar-refractivity contribution in [1.82, 2.24) is 24.9 Å². The predicted molar refractivity (Wildman–Crippen MR) is 491 cm³/mol. The summed E-state index contributed by atoms with van der Waals surface area (Å²) in [6.45, 7) is 9.49. The van der Waals surface area contributed by atoms with Gasteiger partial charge in [-0.2, -0.15) is 0 Å². The van der Waals surface area contributed by atoms with Crippen LogP contribution in [0.25, 0.3) is 196 Å².